The lowest BCUT2D eigenvalue weighted by molar-refractivity contribution is 0.806. The smallest absolute Gasteiger partial charge is 0.0669 e. The maximum atomic E-state index is 8.68. The highest BCUT2D eigenvalue weighted by Gasteiger charge is 2.23. The standard InChI is InChI=1S/C13H12N2/c14-6-3-10-1-2-12-11-4-7-15(8-5-11)13(12)9-10/h1-2,4,9H,3,5,7-8H2. The second-order valence-corrected chi connectivity index (χ2v) is 4.11. The SMILES string of the molecule is N#CCc1ccc2c(c1)N1CC=C2CC1. The molecule has 1 aromatic rings. The predicted octanol–water partition coefficient (Wildman–Crippen LogP) is 2.36. The summed E-state index contributed by atoms with van der Waals surface area (Å²) in [4.78, 5) is 2.39. The molecular formula is C13H12N2. The van der Waals surface area contributed by atoms with Gasteiger partial charge in [-0.2, -0.15) is 5.26 Å². The molecule has 3 aliphatic rings. The summed E-state index contributed by atoms with van der Waals surface area (Å²) in [6.45, 7) is 2.17. The van der Waals surface area contributed by atoms with Crippen molar-refractivity contribution in [2.24, 2.45) is 0 Å². The van der Waals surface area contributed by atoms with E-state index in [0.717, 1.165) is 18.7 Å². The van der Waals surface area contributed by atoms with E-state index in [-0.39, 0.29) is 0 Å². The third-order valence-electron chi connectivity index (χ3n) is 3.24. The van der Waals surface area contributed by atoms with Crippen molar-refractivity contribution in [2.45, 2.75) is 12.8 Å². The minimum atomic E-state index is 0.514. The Morgan fingerprint density at radius 3 is 3.07 bits per heavy atom. The second kappa shape index (κ2) is 3.13. The monoisotopic (exact) mass is 196 g/mol. The molecule has 2 nitrogen and oxygen atoms in total. The first-order valence-electron chi connectivity index (χ1n) is 5.33. The molecule has 3 heterocycles. The topological polar surface area (TPSA) is 27.0 Å². The van der Waals surface area contributed by atoms with Gasteiger partial charge in [-0.3, -0.25) is 0 Å². The second-order valence-electron chi connectivity index (χ2n) is 4.11. The largest absolute Gasteiger partial charge is 0.367 e. The van der Waals surface area contributed by atoms with Crippen LogP contribution in [0.5, 0.6) is 0 Å². The Kier molecular flexibility index (Phi) is 1.78. The molecule has 0 aromatic heterocycles. The molecule has 1 aromatic carbocycles. The van der Waals surface area contributed by atoms with Crippen molar-refractivity contribution >= 4 is 11.3 Å². The van der Waals surface area contributed by atoms with E-state index in [1.54, 1.807) is 0 Å². The summed E-state index contributed by atoms with van der Waals surface area (Å²) in [7, 11) is 0. The van der Waals surface area contributed by atoms with Gasteiger partial charge in [0.15, 0.2) is 0 Å². The van der Waals surface area contributed by atoms with E-state index in [9.17, 15) is 0 Å². The van der Waals surface area contributed by atoms with Gasteiger partial charge in [0, 0.05) is 24.3 Å². The average Bonchev–Trinajstić information content (AvgIpc) is 2.31. The maximum Gasteiger partial charge on any atom is 0.0669 e. The Morgan fingerprint density at radius 2 is 2.33 bits per heavy atom. The van der Waals surface area contributed by atoms with Gasteiger partial charge in [-0.1, -0.05) is 18.2 Å². The Morgan fingerprint density at radius 1 is 1.40 bits per heavy atom. The molecule has 0 fully saturated rings. The zero-order chi connectivity index (χ0) is 10.3. The van der Waals surface area contributed by atoms with Gasteiger partial charge >= 0.3 is 0 Å². The summed E-state index contributed by atoms with van der Waals surface area (Å²) >= 11 is 0. The van der Waals surface area contributed by atoms with Crippen LogP contribution in [0.4, 0.5) is 5.69 Å². The van der Waals surface area contributed by atoms with Crippen molar-refractivity contribution in [1.82, 2.24) is 0 Å². The highest BCUT2D eigenvalue weighted by molar-refractivity contribution is 5.83. The maximum absolute atomic E-state index is 8.68. The van der Waals surface area contributed by atoms with Crippen molar-refractivity contribution in [3.8, 4) is 6.07 Å². The number of anilines is 1. The molecule has 0 N–H and O–H groups in total. The molecule has 0 spiro atoms. The average molecular weight is 196 g/mol. The van der Waals surface area contributed by atoms with E-state index in [2.05, 4.69) is 35.2 Å². The van der Waals surface area contributed by atoms with Crippen LogP contribution < -0.4 is 4.90 Å². The molecule has 74 valence electrons. The van der Waals surface area contributed by atoms with Gasteiger partial charge in [-0.15, -0.1) is 0 Å². The number of hydrogen-bond donors (Lipinski definition) is 0. The van der Waals surface area contributed by atoms with Gasteiger partial charge in [0.1, 0.15) is 0 Å². The summed E-state index contributed by atoms with van der Waals surface area (Å²) in [5, 5.41) is 8.68. The summed E-state index contributed by atoms with van der Waals surface area (Å²) in [5.74, 6) is 0. The molecule has 0 saturated carbocycles. The van der Waals surface area contributed by atoms with Crippen LogP contribution in [-0.2, 0) is 6.42 Å². The number of nitrogens with zero attached hydrogens (tertiary/aromatic N) is 2. The zero-order valence-corrected chi connectivity index (χ0v) is 8.53. The Balaban J connectivity index is 2.10. The molecule has 0 amide bonds. The van der Waals surface area contributed by atoms with Crippen LogP contribution in [0.25, 0.3) is 5.57 Å². The first kappa shape index (κ1) is 8.55. The molecule has 2 heteroatoms. The number of rotatable bonds is 1. The van der Waals surface area contributed by atoms with Crippen molar-refractivity contribution < 1.29 is 0 Å². The van der Waals surface area contributed by atoms with Gasteiger partial charge in [0.05, 0.1) is 12.5 Å². The quantitative estimate of drug-likeness (QED) is 0.689. The number of fused-ring (bicyclic) bond motifs is 2. The normalized spacial score (nSPS) is 17.0. The molecule has 3 aliphatic heterocycles. The zero-order valence-electron chi connectivity index (χ0n) is 8.53. The minimum absolute atomic E-state index is 0.514. The van der Waals surface area contributed by atoms with Crippen LogP contribution in [0, 0.1) is 11.3 Å². The van der Waals surface area contributed by atoms with Gasteiger partial charge in [0.2, 0.25) is 0 Å². The summed E-state index contributed by atoms with van der Waals surface area (Å²) in [6, 6.07) is 8.61. The van der Waals surface area contributed by atoms with Gasteiger partial charge in [-0.05, 0) is 23.6 Å². The van der Waals surface area contributed by atoms with Gasteiger partial charge < -0.3 is 4.90 Å². The molecule has 15 heavy (non-hydrogen) atoms. The highest BCUT2D eigenvalue weighted by atomic mass is 15.1. The van der Waals surface area contributed by atoms with Crippen molar-refractivity contribution in [3.05, 3.63) is 35.4 Å². The van der Waals surface area contributed by atoms with Gasteiger partial charge in [-0.25, -0.2) is 0 Å². The van der Waals surface area contributed by atoms with Crippen LogP contribution >= 0.6 is 0 Å². The third kappa shape index (κ3) is 1.24. The van der Waals surface area contributed by atoms with Crippen molar-refractivity contribution in [1.29, 1.82) is 5.26 Å². The molecule has 0 saturated heterocycles. The molecular weight excluding hydrogens is 184 g/mol. The number of nitriles is 1. The molecule has 0 radical (unpaired) electrons. The highest BCUT2D eigenvalue weighted by Crippen LogP contribution is 2.38. The fraction of sp³-hybridized carbons (Fsp3) is 0.308. The van der Waals surface area contributed by atoms with Crippen molar-refractivity contribution in [3.63, 3.8) is 0 Å². The fourth-order valence-corrected chi connectivity index (χ4v) is 2.44. The Hall–Kier alpha value is -1.75. The first-order chi connectivity index (χ1) is 7.38. The van der Waals surface area contributed by atoms with Crippen LogP contribution in [0.2, 0.25) is 0 Å². The third-order valence-corrected chi connectivity index (χ3v) is 3.24. The van der Waals surface area contributed by atoms with E-state index in [1.165, 1.54) is 23.2 Å². The molecule has 0 atom stereocenters. The van der Waals surface area contributed by atoms with Crippen LogP contribution in [0.15, 0.2) is 24.3 Å². The minimum Gasteiger partial charge on any atom is -0.367 e. The van der Waals surface area contributed by atoms with Gasteiger partial charge in [0.25, 0.3) is 0 Å². The van der Waals surface area contributed by atoms with Crippen molar-refractivity contribution in [2.75, 3.05) is 18.0 Å². The fourth-order valence-electron chi connectivity index (χ4n) is 2.44. The van der Waals surface area contributed by atoms with E-state index in [4.69, 9.17) is 5.26 Å². The summed E-state index contributed by atoms with van der Waals surface area (Å²) in [6.07, 6.45) is 4.00. The first-order valence-corrected chi connectivity index (χ1v) is 5.33. The molecule has 0 aliphatic carbocycles. The lowest BCUT2D eigenvalue weighted by Crippen LogP contribution is -2.33. The number of benzene rings is 1. The molecule has 0 unspecified atom stereocenters. The van der Waals surface area contributed by atoms with Crippen LogP contribution in [0.3, 0.4) is 0 Å². The lowest BCUT2D eigenvalue weighted by atomic mass is 9.90. The van der Waals surface area contributed by atoms with E-state index in [0.29, 0.717) is 6.42 Å². The summed E-state index contributed by atoms with van der Waals surface area (Å²) < 4.78 is 0. The predicted molar refractivity (Wildman–Crippen MR) is 60.6 cm³/mol. The Labute approximate surface area is 89.4 Å². The summed E-state index contributed by atoms with van der Waals surface area (Å²) in [5.41, 5.74) is 5.31. The molecule has 4 rings (SSSR count). The van der Waals surface area contributed by atoms with Crippen LogP contribution in [-0.4, -0.2) is 13.1 Å². The lowest BCUT2D eigenvalue weighted by Gasteiger charge is -2.37. The van der Waals surface area contributed by atoms with E-state index < -0.39 is 0 Å². The van der Waals surface area contributed by atoms with Crippen LogP contribution in [0.1, 0.15) is 17.5 Å². The van der Waals surface area contributed by atoms with E-state index in [1.807, 2.05) is 0 Å². The number of hydrogen-bond acceptors (Lipinski definition) is 2. The van der Waals surface area contributed by atoms with E-state index >= 15 is 0 Å². The Bertz CT molecular complexity index is 480. The molecule has 2 bridgehead atoms.